The van der Waals surface area contributed by atoms with Gasteiger partial charge in [-0.1, -0.05) is 72.8 Å². The minimum Gasteiger partial charge on any atom is -0.309 e. The molecule has 174 valence electrons. The van der Waals surface area contributed by atoms with E-state index >= 15 is 0 Å². The third-order valence-corrected chi connectivity index (χ3v) is 7.79. The van der Waals surface area contributed by atoms with Crippen LogP contribution < -0.4 is 9.80 Å². The molecule has 6 aromatic rings. The van der Waals surface area contributed by atoms with Crippen molar-refractivity contribution in [3.63, 3.8) is 0 Å². The van der Waals surface area contributed by atoms with Crippen LogP contribution in [-0.2, 0) is 0 Å². The molecule has 0 N–H and O–H groups in total. The van der Waals surface area contributed by atoms with Gasteiger partial charge in [-0.3, -0.25) is 0 Å². The lowest BCUT2D eigenvalue weighted by Gasteiger charge is -2.29. The summed E-state index contributed by atoms with van der Waals surface area (Å²) < 4.78 is 2.33. The van der Waals surface area contributed by atoms with Crippen LogP contribution in [0.4, 0.5) is 34.1 Å². The molecule has 0 aliphatic carbocycles. The Kier molecular flexibility index (Phi) is 6.29. The van der Waals surface area contributed by atoms with Crippen molar-refractivity contribution in [2.24, 2.45) is 0 Å². The first kappa shape index (κ1) is 22.6. The Labute approximate surface area is 223 Å². The van der Waals surface area contributed by atoms with Crippen molar-refractivity contribution >= 4 is 71.5 Å². The predicted octanol–water partition coefficient (Wildman–Crippen LogP) is 10.6. The third kappa shape index (κ3) is 4.30. The van der Waals surface area contributed by atoms with E-state index in [9.17, 15) is 0 Å². The van der Waals surface area contributed by atoms with Crippen molar-refractivity contribution in [1.82, 2.24) is 0 Å². The highest BCUT2D eigenvalue weighted by Gasteiger charge is 2.19. The van der Waals surface area contributed by atoms with E-state index in [4.69, 9.17) is 0 Å². The molecule has 0 aliphatic heterocycles. The van der Waals surface area contributed by atoms with Crippen LogP contribution in [0.5, 0.6) is 0 Å². The summed E-state index contributed by atoms with van der Waals surface area (Å²) in [5.74, 6) is 0. The molecule has 0 atom stereocenters. The van der Waals surface area contributed by atoms with Crippen LogP contribution in [0.3, 0.4) is 0 Å². The number of fused-ring (bicyclic) bond motifs is 1. The standard InChI is InChI=1S/C32H23BrN2S/c33-29-19-8-9-20-30(29)34(24-12-3-1-4-13-24)26-16-11-17-27(22-26)35(25-14-5-2-6-15-25)31-23-36-32-21-10-7-18-28(31)32/h1-23H. The zero-order chi connectivity index (χ0) is 24.3. The van der Waals surface area contributed by atoms with E-state index in [2.05, 4.69) is 159 Å². The van der Waals surface area contributed by atoms with Gasteiger partial charge < -0.3 is 9.80 Å². The van der Waals surface area contributed by atoms with Gasteiger partial charge in [-0.2, -0.15) is 0 Å². The maximum absolute atomic E-state index is 3.78. The van der Waals surface area contributed by atoms with Gasteiger partial charge in [0.2, 0.25) is 0 Å². The van der Waals surface area contributed by atoms with Gasteiger partial charge in [0.25, 0.3) is 0 Å². The Morgan fingerprint density at radius 1 is 0.472 bits per heavy atom. The molecule has 0 aliphatic rings. The molecule has 2 nitrogen and oxygen atoms in total. The van der Waals surface area contributed by atoms with Crippen molar-refractivity contribution in [3.05, 3.63) is 143 Å². The van der Waals surface area contributed by atoms with Crippen LogP contribution in [0, 0.1) is 0 Å². The molecule has 0 amide bonds. The zero-order valence-electron chi connectivity index (χ0n) is 19.5. The van der Waals surface area contributed by atoms with Gasteiger partial charge in [0.05, 0.1) is 11.4 Å². The second kappa shape index (κ2) is 10.0. The summed E-state index contributed by atoms with van der Waals surface area (Å²) in [6.45, 7) is 0. The van der Waals surface area contributed by atoms with Crippen molar-refractivity contribution in [2.45, 2.75) is 0 Å². The number of para-hydroxylation sites is 3. The Hall–Kier alpha value is -3.86. The fraction of sp³-hybridized carbons (Fsp3) is 0. The molecular formula is C32H23BrN2S. The average molecular weight is 548 g/mol. The SMILES string of the molecule is Brc1ccccc1N(c1ccccc1)c1cccc(N(c2ccccc2)c2csc3ccccc23)c1. The summed E-state index contributed by atoms with van der Waals surface area (Å²) in [4.78, 5) is 4.65. The molecule has 0 fully saturated rings. The minimum atomic E-state index is 1.04. The molecule has 5 aromatic carbocycles. The van der Waals surface area contributed by atoms with Crippen molar-refractivity contribution < 1.29 is 0 Å². The number of nitrogens with zero attached hydrogens (tertiary/aromatic N) is 2. The highest BCUT2D eigenvalue weighted by molar-refractivity contribution is 9.10. The third-order valence-electron chi connectivity index (χ3n) is 6.17. The van der Waals surface area contributed by atoms with E-state index in [1.807, 2.05) is 6.07 Å². The van der Waals surface area contributed by atoms with Gasteiger partial charge in [0.1, 0.15) is 0 Å². The van der Waals surface area contributed by atoms with E-state index in [0.29, 0.717) is 0 Å². The van der Waals surface area contributed by atoms with Crippen molar-refractivity contribution in [3.8, 4) is 0 Å². The van der Waals surface area contributed by atoms with Crippen LogP contribution in [0.25, 0.3) is 10.1 Å². The highest BCUT2D eigenvalue weighted by atomic mass is 79.9. The number of benzene rings is 5. The van der Waals surface area contributed by atoms with Gasteiger partial charge in [-0.25, -0.2) is 0 Å². The normalized spacial score (nSPS) is 10.9. The summed E-state index contributed by atoms with van der Waals surface area (Å²) in [7, 11) is 0. The summed E-state index contributed by atoms with van der Waals surface area (Å²) >= 11 is 5.56. The van der Waals surface area contributed by atoms with Gasteiger partial charge in [-0.15, -0.1) is 11.3 Å². The summed E-state index contributed by atoms with van der Waals surface area (Å²) in [6.07, 6.45) is 0. The maximum atomic E-state index is 3.78. The molecule has 0 saturated heterocycles. The Bertz CT molecular complexity index is 1610. The molecule has 0 saturated carbocycles. The lowest BCUT2D eigenvalue weighted by Crippen LogP contribution is -2.13. The quantitative estimate of drug-likeness (QED) is 0.205. The molecule has 0 spiro atoms. The summed E-state index contributed by atoms with van der Waals surface area (Å²) in [6, 6.07) is 46.8. The fourth-order valence-electron chi connectivity index (χ4n) is 4.55. The maximum Gasteiger partial charge on any atom is 0.0647 e. The number of halogens is 1. The minimum absolute atomic E-state index is 1.04. The van der Waals surface area contributed by atoms with E-state index in [1.54, 1.807) is 11.3 Å². The molecule has 1 aromatic heterocycles. The van der Waals surface area contributed by atoms with Crippen LogP contribution in [0.15, 0.2) is 143 Å². The smallest absolute Gasteiger partial charge is 0.0647 e. The summed E-state index contributed by atoms with van der Waals surface area (Å²) in [5.41, 5.74) is 6.71. The number of rotatable bonds is 6. The molecule has 0 radical (unpaired) electrons. The number of hydrogen-bond acceptors (Lipinski definition) is 3. The highest BCUT2D eigenvalue weighted by Crippen LogP contribution is 2.44. The second-order valence-electron chi connectivity index (χ2n) is 8.43. The summed E-state index contributed by atoms with van der Waals surface area (Å²) in [5, 5.41) is 3.51. The first-order chi connectivity index (χ1) is 17.8. The Morgan fingerprint density at radius 3 is 1.67 bits per heavy atom. The fourth-order valence-corrected chi connectivity index (χ4v) is 5.94. The largest absolute Gasteiger partial charge is 0.309 e. The van der Waals surface area contributed by atoms with Crippen molar-refractivity contribution in [2.75, 3.05) is 9.80 Å². The van der Waals surface area contributed by atoms with E-state index in [0.717, 1.165) is 32.9 Å². The Morgan fingerprint density at radius 2 is 1.00 bits per heavy atom. The molecular weight excluding hydrogens is 524 g/mol. The molecule has 0 unspecified atom stereocenters. The van der Waals surface area contributed by atoms with Crippen LogP contribution in [0.1, 0.15) is 0 Å². The second-order valence-corrected chi connectivity index (χ2v) is 10.2. The lowest BCUT2D eigenvalue weighted by atomic mass is 10.1. The molecule has 0 bridgehead atoms. The van der Waals surface area contributed by atoms with E-state index in [1.165, 1.54) is 15.8 Å². The monoisotopic (exact) mass is 546 g/mol. The zero-order valence-corrected chi connectivity index (χ0v) is 21.9. The molecule has 4 heteroatoms. The van der Waals surface area contributed by atoms with Crippen LogP contribution in [-0.4, -0.2) is 0 Å². The lowest BCUT2D eigenvalue weighted by molar-refractivity contribution is 1.25. The first-order valence-electron chi connectivity index (χ1n) is 11.8. The van der Waals surface area contributed by atoms with Crippen LogP contribution >= 0.6 is 27.3 Å². The van der Waals surface area contributed by atoms with Gasteiger partial charge in [0, 0.05) is 42.7 Å². The topological polar surface area (TPSA) is 6.48 Å². The van der Waals surface area contributed by atoms with Crippen LogP contribution in [0.2, 0.25) is 0 Å². The van der Waals surface area contributed by atoms with Gasteiger partial charge in [-0.05, 0) is 76.6 Å². The van der Waals surface area contributed by atoms with E-state index in [-0.39, 0.29) is 0 Å². The predicted molar refractivity (Wildman–Crippen MR) is 159 cm³/mol. The molecule has 1 heterocycles. The molecule has 36 heavy (non-hydrogen) atoms. The number of anilines is 6. The van der Waals surface area contributed by atoms with Gasteiger partial charge in [0.15, 0.2) is 0 Å². The average Bonchev–Trinajstić information content (AvgIpc) is 3.35. The number of hydrogen-bond donors (Lipinski definition) is 0. The molecule has 6 rings (SSSR count). The first-order valence-corrected chi connectivity index (χ1v) is 13.5. The van der Waals surface area contributed by atoms with Crippen molar-refractivity contribution in [1.29, 1.82) is 0 Å². The van der Waals surface area contributed by atoms with E-state index < -0.39 is 0 Å². The number of thiophene rings is 1. The Balaban J connectivity index is 1.54. The van der Waals surface area contributed by atoms with Gasteiger partial charge >= 0.3 is 0 Å².